The van der Waals surface area contributed by atoms with E-state index >= 15 is 0 Å². The van der Waals surface area contributed by atoms with Crippen molar-refractivity contribution in [2.24, 2.45) is 5.41 Å². The van der Waals surface area contributed by atoms with Gasteiger partial charge in [-0.25, -0.2) is 9.18 Å². The standard InChI is InChI=1S/C13H15FO2/c1-13(2,8-7-12(15)16)9-10-5-3-4-6-11(10)14/h3-8H,9H2,1-2H3,(H,15,16)/b8-7+. The molecule has 0 spiro atoms. The van der Waals surface area contributed by atoms with E-state index in [2.05, 4.69) is 0 Å². The second-order valence-corrected chi connectivity index (χ2v) is 4.43. The summed E-state index contributed by atoms with van der Waals surface area (Å²) in [6.45, 7) is 3.75. The van der Waals surface area contributed by atoms with Gasteiger partial charge in [0, 0.05) is 6.08 Å². The Morgan fingerprint density at radius 2 is 2.06 bits per heavy atom. The predicted molar refractivity (Wildman–Crippen MR) is 60.7 cm³/mol. The fourth-order valence-corrected chi connectivity index (χ4v) is 1.49. The molecule has 3 heteroatoms. The van der Waals surface area contributed by atoms with Gasteiger partial charge in [-0.15, -0.1) is 0 Å². The molecule has 0 aliphatic heterocycles. The van der Waals surface area contributed by atoms with E-state index in [0.29, 0.717) is 12.0 Å². The zero-order valence-electron chi connectivity index (χ0n) is 9.40. The van der Waals surface area contributed by atoms with Crippen LogP contribution in [0.4, 0.5) is 4.39 Å². The van der Waals surface area contributed by atoms with E-state index in [1.807, 2.05) is 13.8 Å². The van der Waals surface area contributed by atoms with Crippen LogP contribution in [0.2, 0.25) is 0 Å². The second kappa shape index (κ2) is 4.92. The van der Waals surface area contributed by atoms with Crippen LogP contribution in [0.5, 0.6) is 0 Å². The number of carbonyl (C=O) groups is 1. The van der Waals surface area contributed by atoms with Crippen molar-refractivity contribution < 1.29 is 14.3 Å². The summed E-state index contributed by atoms with van der Waals surface area (Å²) in [6, 6.07) is 6.53. The summed E-state index contributed by atoms with van der Waals surface area (Å²) in [4.78, 5) is 10.4. The summed E-state index contributed by atoms with van der Waals surface area (Å²) in [5.74, 6) is -1.24. The summed E-state index contributed by atoms with van der Waals surface area (Å²) >= 11 is 0. The molecule has 0 amide bonds. The minimum atomic E-state index is -0.985. The van der Waals surface area contributed by atoms with Crippen molar-refractivity contribution in [2.75, 3.05) is 0 Å². The number of allylic oxidation sites excluding steroid dienone is 1. The topological polar surface area (TPSA) is 37.3 Å². The molecule has 0 aromatic heterocycles. The van der Waals surface area contributed by atoms with Gasteiger partial charge in [0.05, 0.1) is 0 Å². The van der Waals surface area contributed by atoms with Gasteiger partial charge in [0.25, 0.3) is 0 Å². The SMILES string of the molecule is CC(C)(/C=C/C(=O)O)Cc1ccccc1F. The zero-order valence-corrected chi connectivity index (χ0v) is 9.40. The lowest BCUT2D eigenvalue weighted by molar-refractivity contribution is -0.131. The van der Waals surface area contributed by atoms with Gasteiger partial charge in [-0.2, -0.15) is 0 Å². The molecule has 0 heterocycles. The molecule has 0 aliphatic carbocycles. The van der Waals surface area contributed by atoms with Crippen molar-refractivity contribution >= 4 is 5.97 Å². The van der Waals surface area contributed by atoms with Crippen LogP contribution in [0.25, 0.3) is 0 Å². The van der Waals surface area contributed by atoms with E-state index < -0.39 is 5.97 Å². The molecule has 0 saturated heterocycles. The highest BCUT2D eigenvalue weighted by atomic mass is 19.1. The van der Waals surface area contributed by atoms with Crippen LogP contribution in [0, 0.1) is 11.2 Å². The number of aliphatic carboxylic acids is 1. The fraction of sp³-hybridized carbons (Fsp3) is 0.308. The first kappa shape index (κ1) is 12.4. The number of rotatable bonds is 4. The molecule has 1 rings (SSSR count). The van der Waals surface area contributed by atoms with Crippen LogP contribution in [0.15, 0.2) is 36.4 Å². The maximum atomic E-state index is 13.4. The Balaban J connectivity index is 2.80. The summed E-state index contributed by atoms with van der Waals surface area (Å²) in [5, 5.41) is 8.54. The van der Waals surface area contributed by atoms with Crippen molar-refractivity contribution in [1.82, 2.24) is 0 Å². The minimum Gasteiger partial charge on any atom is -0.478 e. The summed E-state index contributed by atoms with van der Waals surface area (Å²) < 4.78 is 13.4. The molecule has 0 saturated carbocycles. The van der Waals surface area contributed by atoms with Crippen molar-refractivity contribution in [3.8, 4) is 0 Å². The maximum Gasteiger partial charge on any atom is 0.327 e. The molecule has 0 radical (unpaired) electrons. The lowest BCUT2D eigenvalue weighted by atomic mass is 9.85. The van der Waals surface area contributed by atoms with E-state index in [0.717, 1.165) is 6.08 Å². The van der Waals surface area contributed by atoms with Gasteiger partial charge in [0.2, 0.25) is 0 Å². The monoisotopic (exact) mass is 222 g/mol. The molecule has 0 fully saturated rings. The van der Waals surface area contributed by atoms with E-state index in [1.54, 1.807) is 24.3 Å². The Bertz CT molecular complexity index is 408. The molecule has 2 nitrogen and oxygen atoms in total. The van der Waals surface area contributed by atoms with Crippen LogP contribution < -0.4 is 0 Å². The first-order valence-electron chi connectivity index (χ1n) is 5.06. The number of hydrogen-bond donors (Lipinski definition) is 1. The zero-order chi connectivity index (χ0) is 12.2. The molecule has 1 aromatic rings. The third-order valence-electron chi connectivity index (χ3n) is 2.28. The molecule has 0 bridgehead atoms. The van der Waals surface area contributed by atoms with Crippen molar-refractivity contribution in [3.05, 3.63) is 47.8 Å². The predicted octanol–water partition coefficient (Wildman–Crippen LogP) is 3.04. The first-order chi connectivity index (χ1) is 7.41. The molecule has 0 aliphatic rings. The number of carboxylic acid groups (broad SMARTS) is 1. The molecule has 1 aromatic carbocycles. The van der Waals surface area contributed by atoms with Gasteiger partial charge in [-0.05, 0) is 23.5 Å². The highest BCUT2D eigenvalue weighted by Crippen LogP contribution is 2.24. The number of halogens is 1. The Hall–Kier alpha value is -1.64. The van der Waals surface area contributed by atoms with Gasteiger partial charge >= 0.3 is 5.97 Å². The largest absolute Gasteiger partial charge is 0.478 e. The second-order valence-electron chi connectivity index (χ2n) is 4.43. The number of carboxylic acids is 1. The van der Waals surface area contributed by atoms with Gasteiger partial charge in [-0.3, -0.25) is 0 Å². The molecule has 0 atom stereocenters. The highest BCUT2D eigenvalue weighted by molar-refractivity contribution is 5.79. The summed E-state index contributed by atoms with van der Waals surface area (Å²) in [5.41, 5.74) is 0.225. The highest BCUT2D eigenvalue weighted by Gasteiger charge is 2.17. The maximum absolute atomic E-state index is 13.4. The summed E-state index contributed by atoms with van der Waals surface area (Å²) in [6.07, 6.45) is 3.16. The average Bonchev–Trinajstić information content (AvgIpc) is 2.19. The van der Waals surface area contributed by atoms with E-state index in [1.165, 1.54) is 6.07 Å². The Morgan fingerprint density at radius 1 is 1.44 bits per heavy atom. The van der Waals surface area contributed by atoms with Crippen LogP contribution in [0.3, 0.4) is 0 Å². The molecular formula is C13H15FO2. The van der Waals surface area contributed by atoms with E-state index in [4.69, 9.17) is 5.11 Å². The van der Waals surface area contributed by atoms with Crippen LogP contribution in [0.1, 0.15) is 19.4 Å². The van der Waals surface area contributed by atoms with Gasteiger partial charge in [0.15, 0.2) is 0 Å². The first-order valence-corrected chi connectivity index (χ1v) is 5.06. The molecule has 86 valence electrons. The van der Waals surface area contributed by atoms with Crippen LogP contribution in [-0.2, 0) is 11.2 Å². The van der Waals surface area contributed by atoms with Crippen LogP contribution >= 0.6 is 0 Å². The average molecular weight is 222 g/mol. The Morgan fingerprint density at radius 3 is 2.62 bits per heavy atom. The van der Waals surface area contributed by atoms with E-state index in [9.17, 15) is 9.18 Å². The van der Waals surface area contributed by atoms with Crippen molar-refractivity contribution in [3.63, 3.8) is 0 Å². The van der Waals surface area contributed by atoms with Crippen LogP contribution in [-0.4, -0.2) is 11.1 Å². The lowest BCUT2D eigenvalue weighted by Crippen LogP contribution is -2.13. The number of hydrogen-bond acceptors (Lipinski definition) is 1. The van der Waals surface area contributed by atoms with Gasteiger partial charge in [-0.1, -0.05) is 38.1 Å². The molecule has 1 N–H and O–H groups in total. The summed E-state index contributed by atoms with van der Waals surface area (Å²) in [7, 11) is 0. The minimum absolute atomic E-state index is 0.251. The van der Waals surface area contributed by atoms with Crippen molar-refractivity contribution in [2.45, 2.75) is 20.3 Å². The van der Waals surface area contributed by atoms with E-state index in [-0.39, 0.29) is 11.2 Å². The molecular weight excluding hydrogens is 207 g/mol. The Labute approximate surface area is 94.4 Å². The third kappa shape index (κ3) is 3.85. The number of benzene rings is 1. The molecule has 0 unspecified atom stereocenters. The molecule has 16 heavy (non-hydrogen) atoms. The quantitative estimate of drug-likeness (QED) is 0.795. The van der Waals surface area contributed by atoms with Crippen molar-refractivity contribution in [1.29, 1.82) is 0 Å². The normalized spacial score (nSPS) is 11.9. The Kier molecular flexibility index (Phi) is 3.82. The smallest absolute Gasteiger partial charge is 0.327 e. The fourth-order valence-electron chi connectivity index (χ4n) is 1.49. The van der Waals surface area contributed by atoms with Gasteiger partial charge in [0.1, 0.15) is 5.82 Å². The third-order valence-corrected chi connectivity index (χ3v) is 2.28. The van der Waals surface area contributed by atoms with Gasteiger partial charge < -0.3 is 5.11 Å². The lowest BCUT2D eigenvalue weighted by Gasteiger charge is -2.20.